The lowest BCUT2D eigenvalue weighted by atomic mass is 10.00. The molecule has 0 radical (unpaired) electrons. The number of nitriles is 1. The molecule has 0 aromatic rings. The van der Waals surface area contributed by atoms with Gasteiger partial charge in [-0.2, -0.15) is 5.26 Å². The first-order chi connectivity index (χ1) is 7.36. The Morgan fingerprint density at radius 2 is 2.27 bits per heavy atom. The van der Waals surface area contributed by atoms with E-state index in [4.69, 9.17) is 14.7 Å². The Kier molecular flexibility index (Phi) is 6.33. The summed E-state index contributed by atoms with van der Waals surface area (Å²) in [6, 6.07) is 2.34. The molecule has 1 saturated heterocycles. The zero-order valence-electron chi connectivity index (χ0n) is 9.45. The fourth-order valence-electron chi connectivity index (χ4n) is 1.80. The monoisotopic (exact) mass is 212 g/mol. The fourth-order valence-corrected chi connectivity index (χ4v) is 1.80. The van der Waals surface area contributed by atoms with E-state index in [0.717, 1.165) is 39.1 Å². The lowest BCUT2D eigenvalue weighted by Crippen LogP contribution is -2.37. The quantitative estimate of drug-likeness (QED) is 0.613. The molecule has 4 heteroatoms. The Hall–Kier alpha value is -0.630. The van der Waals surface area contributed by atoms with Gasteiger partial charge in [-0.05, 0) is 19.4 Å². The van der Waals surface area contributed by atoms with Gasteiger partial charge in [0.1, 0.15) is 0 Å². The number of ether oxygens (including phenoxy) is 2. The number of hydrogen-bond acceptors (Lipinski definition) is 4. The van der Waals surface area contributed by atoms with E-state index in [2.05, 4.69) is 11.0 Å². The highest BCUT2D eigenvalue weighted by atomic mass is 16.5. The molecular weight excluding hydrogens is 192 g/mol. The van der Waals surface area contributed by atoms with Crippen LogP contribution in [0.5, 0.6) is 0 Å². The molecule has 0 N–H and O–H groups in total. The predicted molar refractivity (Wildman–Crippen MR) is 57.5 cm³/mol. The van der Waals surface area contributed by atoms with E-state index in [1.165, 1.54) is 0 Å². The molecule has 1 heterocycles. The molecule has 15 heavy (non-hydrogen) atoms. The van der Waals surface area contributed by atoms with E-state index in [1.807, 2.05) is 0 Å². The molecule has 1 atom stereocenters. The van der Waals surface area contributed by atoms with Crippen molar-refractivity contribution in [2.45, 2.75) is 12.8 Å². The van der Waals surface area contributed by atoms with E-state index >= 15 is 0 Å². The summed E-state index contributed by atoms with van der Waals surface area (Å²) in [6.45, 7) is 4.99. The smallest absolute Gasteiger partial charge is 0.0700 e. The van der Waals surface area contributed by atoms with Gasteiger partial charge in [0.15, 0.2) is 0 Å². The topological polar surface area (TPSA) is 45.5 Å². The van der Waals surface area contributed by atoms with Gasteiger partial charge in [-0.25, -0.2) is 0 Å². The zero-order chi connectivity index (χ0) is 10.9. The van der Waals surface area contributed by atoms with Crippen LogP contribution in [0.4, 0.5) is 0 Å². The number of nitrogens with zero attached hydrogens (tertiary/aromatic N) is 2. The second-order valence-corrected chi connectivity index (χ2v) is 3.87. The van der Waals surface area contributed by atoms with Gasteiger partial charge in [0.05, 0.1) is 31.8 Å². The SMILES string of the molecule is COCCOCCN1CCCC(C#N)C1. The number of methoxy groups -OCH3 is 1. The minimum atomic E-state index is 0.220. The highest BCUT2D eigenvalue weighted by Gasteiger charge is 2.18. The van der Waals surface area contributed by atoms with Crippen LogP contribution in [-0.2, 0) is 9.47 Å². The summed E-state index contributed by atoms with van der Waals surface area (Å²) in [4.78, 5) is 2.31. The van der Waals surface area contributed by atoms with Crippen molar-refractivity contribution >= 4 is 0 Å². The van der Waals surface area contributed by atoms with Crippen LogP contribution in [-0.4, -0.2) is 51.5 Å². The van der Waals surface area contributed by atoms with Crippen LogP contribution in [0.25, 0.3) is 0 Å². The van der Waals surface area contributed by atoms with Crippen molar-refractivity contribution < 1.29 is 9.47 Å². The third-order valence-corrected chi connectivity index (χ3v) is 2.67. The van der Waals surface area contributed by atoms with Crippen molar-refractivity contribution in [3.8, 4) is 6.07 Å². The standard InChI is InChI=1S/C11H20N2O2/c1-14-7-8-15-6-5-13-4-2-3-11(9-12)10-13/h11H,2-8,10H2,1H3. The van der Waals surface area contributed by atoms with Gasteiger partial charge in [0.2, 0.25) is 0 Å². The van der Waals surface area contributed by atoms with Crippen LogP contribution < -0.4 is 0 Å². The molecule has 4 nitrogen and oxygen atoms in total. The number of piperidine rings is 1. The molecule has 0 spiro atoms. The first-order valence-electron chi connectivity index (χ1n) is 5.55. The molecule has 86 valence electrons. The lowest BCUT2D eigenvalue weighted by Gasteiger charge is -2.29. The van der Waals surface area contributed by atoms with Crippen molar-refractivity contribution in [2.75, 3.05) is 46.6 Å². The van der Waals surface area contributed by atoms with E-state index < -0.39 is 0 Å². The number of rotatable bonds is 6. The summed E-state index contributed by atoms with van der Waals surface area (Å²) in [7, 11) is 1.67. The first kappa shape index (κ1) is 12.4. The predicted octanol–water partition coefficient (Wildman–Crippen LogP) is 0.885. The minimum absolute atomic E-state index is 0.220. The first-order valence-corrected chi connectivity index (χ1v) is 5.55. The van der Waals surface area contributed by atoms with Crippen molar-refractivity contribution in [1.29, 1.82) is 5.26 Å². The van der Waals surface area contributed by atoms with Gasteiger partial charge >= 0.3 is 0 Å². The fraction of sp³-hybridized carbons (Fsp3) is 0.909. The molecule has 1 rings (SSSR count). The van der Waals surface area contributed by atoms with E-state index in [9.17, 15) is 0 Å². The molecule has 1 aliphatic heterocycles. The Labute approximate surface area is 91.8 Å². The maximum Gasteiger partial charge on any atom is 0.0700 e. The average Bonchev–Trinajstić information content (AvgIpc) is 2.29. The van der Waals surface area contributed by atoms with Crippen LogP contribution in [0.15, 0.2) is 0 Å². The zero-order valence-corrected chi connectivity index (χ0v) is 9.45. The van der Waals surface area contributed by atoms with Gasteiger partial charge in [0.25, 0.3) is 0 Å². The minimum Gasteiger partial charge on any atom is -0.382 e. The van der Waals surface area contributed by atoms with Crippen LogP contribution in [0.1, 0.15) is 12.8 Å². The molecule has 0 aliphatic carbocycles. The van der Waals surface area contributed by atoms with Gasteiger partial charge in [0, 0.05) is 20.2 Å². The van der Waals surface area contributed by atoms with Crippen LogP contribution in [0, 0.1) is 17.2 Å². The molecule has 1 fully saturated rings. The molecule has 1 unspecified atom stereocenters. The largest absolute Gasteiger partial charge is 0.382 e. The normalized spacial score (nSPS) is 22.5. The summed E-state index contributed by atoms with van der Waals surface area (Å²) in [5.74, 6) is 0.220. The summed E-state index contributed by atoms with van der Waals surface area (Å²) >= 11 is 0. The van der Waals surface area contributed by atoms with Gasteiger partial charge < -0.3 is 9.47 Å². The van der Waals surface area contributed by atoms with Crippen molar-refractivity contribution in [3.05, 3.63) is 0 Å². The lowest BCUT2D eigenvalue weighted by molar-refractivity contribution is 0.0518. The van der Waals surface area contributed by atoms with Crippen molar-refractivity contribution in [2.24, 2.45) is 5.92 Å². The van der Waals surface area contributed by atoms with Crippen LogP contribution in [0.2, 0.25) is 0 Å². The maximum absolute atomic E-state index is 8.83. The van der Waals surface area contributed by atoms with Crippen molar-refractivity contribution in [3.63, 3.8) is 0 Å². The van der Waals surface area contributed by atoms with Crippen LogP contribution >= 0.6 is 0 Å². The maximum atomic E-state index is 8.83. The summed E-state index contributed by atoms with van der Waals surface area (Å²) in [6.07, 6.45) is 2.19. The van der Waals surface area contributed by atoms with Gasteiger partial charge in [-0.3, -0.25) is 4.90 Å². The molecule has 0 aromatic carbocycles. The molecule has 0 saturated carbocycles. The third kappa shape index (κ3) is 5.12. The van der Waals surface area contributed by atoms with Gasteiger partial charge in [-0.15, -0.1) is 0 Å². The summed E-state index contributed by atoms with van der Waals surface area (Å²) in [5.41, 5.74) is 0. The molecule has 0 aromatic heterocycles. The number of likely N-dealkylation sites (tertiary alicyclic amines) is 1. The summed E-state index contributed by atoms with van der Waals surface area (Å²) < 4.78 is 10.3. The Morgan fingerprint density at radius 1 is 1.40 bits per heavy atom. The second kappa shape index (κ2) is 7.63. The number of hydrogen-bond donors (Lipinski definition) is 0. The van der Waals surface area contributed by atoms with E-state index in [1.54, 1.807) is 7.11 Å². The molecular formula is C11H20N2O2. The van der Waals surface area contributed by atoms with Gasteiger partial charge in [-0.1, -0.05) is 0 Å². The highest BCUT2D eigenvalue weighted by Crippen LogP contribution is 2.14. The molecule has 0 amide bonds. The average molecular weight is 212 g/mol. The Bertz CT molecular complexity index is 203. The Balaban J connectivity index is 2.03. The highest BCUT2D eigenvalue weighted by molar-refractivity contribution is 4.88. The second-order valence-electron chi connectivity index (χ2n) is 3.87. The molecule has 1 aliphatic rings. The van der Waals surface area contributed by atoms with E-state index in [0.29, 0.717) is 13.2 Å². The van der Waals surface area contributed by atoms with Crippen molar-refractivity contribution in [1.82, 2.24) is 4.90 Å². The molecule has 0 bridgehead atoms. The van der Waals surface area contributed by atoms with Crippen LogP contribution in [0.3, 0.4) is 0 Å². The van der Waals surface area contributed by atoms with E-state index in [-0.39, 0.29) is 5.92 Å². The Morgan fingerprint density at radius 3 is 3.00 bits per heavy atom. The third-order valence-electron chi connectivity index (χ3n) is 2.67. The summed E-state index contributed by atoms with van der Waals surface area (Å²) in [5, 5.41) is 8.83.